The van der Waals surface area contributed by atoms with Gasteiger partial charge in [0.05, 0.1) is 12.2 Å². The number of aromatic nitrogens is 1. The smallest absolute Gasteiger partial charge is 0.150 e. The average molecular weight is 209 g/mol. The van der Waals surface area contributed by atoms with Crippen molar-refractivity contribution in [3.8, 4) is 0 Å². The fourth-order valence-electron chi connectivity index (χ4n) is 1.58. The van der Waals surface area contributed by atoms with Crippen molar-refractivity contribution in [3.63, 3.8) is 0 Å². The molecule has 0 radical (unpaired) electrons. The standard InChI is InChI=1S/C11H19N3O/c1-9-7-11(15-13-9)8-14(2)6-5-12-10-3-4-10/h7,10,12H,3-6,8H2,1-2H3. The predicted octanol–water partition coefficient (Wildman–Crippen LogP) is 1.17. The molecule has 2 rings (SSSR count). The second-order valence-electron chi connectivity index (χ2n) is 4.40. The quantitative estimate of drug-likeness (QED) is 0.763. The van der Waals surface area contributed by atoms with E-state index in [2.05, 4.69) is 22.4 Å². The minimum Gasteiger partial charge on any atom is -0.360 e. The van der Waals surface area contributed by atoms with E-state index in [1.54, 1.807) is 0 Å². The van der Waals surface area contributed by atoms with Crippen molar-refractivity contribution >= 4 is 0 Å². The van der Waals surface area contributed by atoms with Gasteiger partial charge in [-0.25, -0.2) is 0 Å². The van der Waals surface area contributed by atoms with Crippen molar-refractivity contribution in [2.45, 2.75) is 32.4 Å². The van der Waals surface area contributed by atoms with Crippen LogP contribution in [0.15, 0.2) is 10.6 Å². The Morgan fingerprint density at radius 3 is 3.00 bits per heavy atom. The van der Waals surface area contributed by atoms with Crippen LogP contribution in [0.5, 0.6) is 0 Å². The Balaban J connectivity index is 1.64. The first-order chi connectivity index (χ1) is 7.24. The van der Waals surface area contributed by atoms with Crippen molar-refractivity contribution in [2.24, 2.45) is 0 Å². The van der Waals surface area contributed by atoms with Crippen molar-refractivity contribution < 1.29 is 4.52 Å². The van der Waals surface area contributed by atoms with E-state index in [1.165, 1.54) is 12.8 Å². The number of likely N-dealkylation sites (N-methyl/N-ethyl adjacent to an activating group) is 1. The van der Waals surface area contributed by atoms with Crippen LogP contribution in [0.3, 0.4) is 0 Å². The number of nitrogens with zero attached hydrogens (tertiary/aromatic N) is 2. The lowest BCUT2D eigenvalue weighted by molar-refractivity contribution is 0.271. The van der Waals surface area contributed by atoms with E-state index in [0.717, 1.165) is 37.1 Å². The lowest BCUT2D eigenvalue weighted by Crippen LogP contribution is -2.29. The Bertz CT molecular complexity index is 307. The maximum absolute atomic E-state index is 5.16. The summed E-state index contributed by atoms with van der Waals surface area (Å²) in [6, 6.07) is 2.79. The fourth-order valence-corrected chi connectivity index (χ4v) is 1.58. The maximum atomic E-state index is 5.16. The van der Waals surface area contributed by atoms with Gasteiger partial charge in [-0.05, 0) is 26.8 Å². The Hall–Kier alpha value is -0.870. The number of hydrogen-bond donors (Lipinski definition) is 1. The third kappa shape index (κ3) is 3.64. The van der Waals surface area contributed by atoms with Crippen molar-refractivity contribution in [2.75, 3.05) is 20.1 Å². The number of nitrogens with one attached hydrogen (secondary N) is 1. The molecule has 0 unspecified atom stereocenters. The van der Waals surface area contributed by atoms with Gasteiger partial charge in [-0.1, -0.05) is 5.16 Å². The van der Waals surface area contributed by atoms with E-state index >= 15 is 0 Å². The van der Waals surface area contributed by atoms with Crippen LogP contribution >= 0.6 is 0 Å². The highest BCUT2D eigenvalue weighted by molar-refractivity contribution is 5.02. The first-order valence-electron chi connectivity index (χ1n) is 5.58. The fraction of sp³-hybridized carbons (Fsp3) is 0.727. The lowest BCUT2D eigenvalue weighted by atomic mass is 10.3. The van der Waals surface area contributed by atoms with Crippen LogP contribution in [0, 0.1) is 6.92 Å². The van der Waals surface area contributed by atoms with E-state index in [1.807, 2.05) is 13.0 Å². The molecular weight excluding hydrogens is 190 g/mol. The Morgan fingerprint density at radius 1 is 1.60 bits per heavy atom. The average Bonchev–Trinajstić information content (AvgIpc) is 2.91. The Labute approximate surface area is 90.6 Å². The largest absolute Gasteiger partial charge is 0.360 e. The molecule has 1 saturated carbocycles. The minimum atomic E-state index is 0.797. The zero-order chi connectivity index (χ0) is 10.7. The molecule has 0 aromatic carbocycles. The van der Waals surface area contributed by atoms with E-state index in [4.69, 9.17) is 4.52 Å². The van der Waals surface area contributed by atoms with Crippen LogP contribution in [-0.4, -0.2) is 36.2 Å². The number of hydrogen-bond acceptors (Lipinski definition) is 4. The summed E-state index contributed by atoms with van der Waals surface area (Å²) < 4.78 is 5.16. The van der Waals surface area contributed by atoms with E-state index in [-0.39, 0.29) is 0 Å². The molecule has 1 N–H and O–H groups in total. The molecule has 1 aliphatic rings. The summed E-state index contributed by atoms with van der Waals surface area (Å²) in [5.41, 5.74) is 0.953. The summed E-state index contributed by atoms with van der Waals surface area (Å²) in [6.45, 7) is 4.90. The molecule has 1 aromatic rings. The second-order valence-corrected chi connectivity index (χ2v) is 4.40. The normalized spacial score (nSPS) is 16.2. The summed E-state index contributed by atoms with van der Waals surface area (Å²) >= 11 is 0. The van der Waals surface area contributed by atoms with Crippen LogP contribution < -0.4 is 5.32 Å². The van der Waals surface area contributed by atoms with Crippen molar-refractivity contribution in [3.05, 3.63) is 17.5 Å². The van der Waals surface area contributed by atoms with Crippen LogP contribution in [0.4, 0.5) is 0 Å². The molecule has 0 bridgehead atoms. The van der Waals surface area contributed by atoms with Gasteiger partial charge >= 0.3 is 0 Å². The molecule has 4 nitrogen and oxygen atoms in total. The van der Waals surface area contributed by atoms with Gasteiger partial charge in [0.2, 0.25) is 0 Å². The summed E-state index contributed by atoms with van der Waals surface area (Å²) in [7, 11) is 2.10. The molecule has 84 valence electrons. The zero-order valence-electron chi connectivity index (χ0n) is 9.49. The molecule has 1 aliphatic carbocycles. The molecule has 0 amide bonds. The highest BCUT2D eigenvalue weighted by Gasteiger charge is 2.19. The molecule has 0 atom stereocenters. The third-order valence-electron chi connectivity index (χ3n) is 2.61. The summed E-state index contributed by atoms with van der Waals surface area (Å²) in [4.78, 5) is 2.25. The highest BCUT2D eigenvalue weighted by Crippen LogP contribution is 2.18. The third-order valence-corrected chi connectivity index (χ3v) is 2.61. The molecule has 1 heterocycles. The van der Waals surface area contributed by atoms with Crippen LogP contribution in [0.1, 0.15) is 24.3 Å². The van der Waals surface area contributed by atoms with Gasteiger partial charge in [-0.2, -0.15) is 0 Å². The van der Waals surface area contributed by atoms with E-state index in [0.29, 0.717) is 0 Å². The molecule has 4 heteroatoms. The summed E-state index contributed by atoms with van der Waals surface area (Å²) in [5, 5.41) is 7.36. The van der Waals surface area contributed by atoms with Crippen molar-refractivity contribution in [1.29, 1.82) is 0 Å². The number of aryl methyl sites for hydroxylation is 1. The van der Waals surface area contributed by atoms with E-state index < -0.39 is 0 Å². The molecule has 0 aliphatic heterocycles. The van der Waals surface area contributed by atoms with E-state index in [9.17, 15) is 0 Å². The Kier molecular flexibility index (Phi) is 3.38. The van der Waals surface area contributed by atoms with Crippen LogP contribution in [0.2, 0.25) is 0 Å². The van der Waals surface area contributed by atoms with Crippen molar-refractivity contribution in [1.82, 2.24) is 15.4 Å². The van der Waals surface area contributed by atoms with Gasteiger partial charge in [0, 0.05) is 25.2 Å². The SMILES string of the molecule is Cc1cc(CN(C)CCNC2CC2)on1. The molecule has 1 aromatic heterocycles. The first kappa shape index (κ1) is 10.6. The van der Waals surface area contributed by atoms with Gasteiger partial charge in [0.15, 0.2) is 5.76 Å². The van der Waals surface area contributed by atoms with Gasteiger partial charge in [0.25, 0.3) is 0 Å². The molecule has 0 saturated heterocycles. The maximum Gasteiger partial charge on any atom is 0.150 e. The molecule has 0 spiro atoms. The molecular formula is C11H19N3O. The molecule has 15 heavy (non-hydrogen) atoms. The number of rotatable bonds is 6. The topological polar surface area (TPSA) is 41.3 Å². The second kappa shape index (κ2) is 4.77. The van der Waals surface area contributed by atoms with Gasteiger partial charge < -0.3 is 9.84 Å². The Morgan fingerprint density at radius 2 is 2.40 bits per heavy atom. The highest BCUT2D eigenvalue weighted by atomic mass is 16.5. The van der Waals surface area contributed by atoms with Gasteiger partial charge in [-0.15, -0.1) is 0 Å². The lowest BCUT2D eigenvalue weighted by Gasteiger charge is -2.14. The molecule has 1 fully saturated rings. The summed E-state index contributed by atoms with van der Waals surface area (Å²) in [6.07, 6.45) is 2.70. The first-order valence-corrected chi connectivity index (χ1v) is 5.58. The summed E-state index contributed by atoms with van der Waals surface area (Å²) in [5.74, 6) is 0.946. The van der Waals surface area contributed by atoms with Crippen LogP contribution in [-0.2, 0) is 6.54 Å². The predicted molar refractivity (Wildman–Crippen MR) is 58.6 cm³/mol. The van der Waals surface area contributed by atoms with Gasteiger partial charge in [0.1, 0.15) is 0 Å². The monoisotopic (exact) mass is 209 g/mol. The minimum absolute atomic E-state index is 0.797. The van der Waals surface area contributed by atoms with Crippen LogP contribution in [0.25, 0.3) is 0 Å². The zero-order valence-corrected chi connectivity index (χ0v) is 9.49. The van der Waals surface area contributed by atoms with Gasteiger partial charge in [-0.3, -0.25) is 4.90 Å².